The first-order valence-corrected chi connectivity index (χ1v) is 7.26. The van der Waals surface area contributed by atoms with Crippen molar-refractivity contribution >= 4 is 11.6 Å². The quantitative estimate of drug-likeness (QED) is 0.925. The topological polar surface area (TPSA) is 64.3 Å². The molecule has 124 valence electrons. The third-order valence-corrected chi connectivity index (χ3v) is 4.05. The molecule has 4 nitrogen and oxygen atoms in total. The Morgan fingerprint density at radius 3 is 2.48 bits per heavy atom. The van der Waals surface area contributed by atoms with Crippen molar-refractivity contribution in [2.75, 3.05) is 4.90 Å². The second-order valence-corrected chi connectivity index (χ2v) is 5.80. The van der Waals surface area contributed by atoms with Gasteiger partial charge in [-0.05, 0) is 43.9 Å². The number of hydrogen-bond donors (Lipinski definition) is 1. The molecule has 1 aromatic rings. The number of rotatable bonds is 4. The molecule has 0 aliphatic heterocycles. The number of halogens is 3. The van der Waals surface area contributed by atoms with Crippen molar-refractivity contribution in [1.29, 1.82) is 5.26 Å². The molecule has 1 aliphatic carbocycles. The van der Waals surface area contributed by atoms with Crippen molar-refractivity contribution in [3.63, 3.8) is 0 Å². The van der Waals surface area contributed by atoms with E-state index in [9.17, 15) is 23.1 Å². The highest BCUT2D eigenvalue weighted by Crippen LogP contribution is 2.38. The molecule has 1 amide bonds. The first-order chi connectivity index (χ1) is 10.7. The molecule has 0 aromatic heterocycles. The molecule has 2 atom stereocenters. The molecule has 23 heavy (non-hydrogen) atoms. The predicted molar refractivity (Wildman–Crippen MR) is 77.5 cm³/mol. The van der Waals surface area contributed by atoms with Gasteiger partial charge in [0.1, 0.15) is 0 Å². The van der Waals surface area contributed by atoms with Crippen LogP contribution in [0.3, 0.4) is 0 Å². The van der Waals surface area contributed by atoms with Gasteiger partial charge in [-0.1, -0.05) is 0 Å². The Morgan fingerprint density at radius 1 is 1.43 bits per heavy atom. The van der Waals surface area contributed by atoms with E-state index in [1.165, 1.54) is 19.1 Å². The van der Waals surface area contributed by atoms with Gasteiger partial charge in [-0.2, -0.15) is 18.4 Å². The SMILES string of the molecule is CC(=O)N(c1ccc(C#N)c(C(F)(F)F)c1)[C@@H](C)[C@@H](O)C1CC1. The second kappa shape index (κ2) is 6.20. The van der Waals surface area contributed by atoms with Gasteiger partial charge in [0.2, 0.25) is 5.91 Å². The third kappa shape index (κ3) is 3.64. The molecule has 1 aliphatic rings. The number of carbonyl (C=O) groups is 1. The van der Waals surface area contributed by atoms with Gasteiger partial charge in [0.05, 0.1) is 29.3 Å². The first kappa shape index (κ1) is 17.3. The van der Waals surface area contributed by atoms with Crippen LogP contribution in [0.25, 0.3) is 0 Å². The molecule has 1 fully saturated rings. The van der Waals surface area contributed by atoms with Gasteiger partial charge >= 0.3 is 6.18 Å². The molecule has 0 unspecified atom stereocenters. The maximum Gasteiger partial charge on any atom is 0.417 e. The van der Waals surface area contributed by atoms with Gasteiger partial charge in [-0.25, -0.2) is 0 Å². The summed E-state index contributed by atoms with van der Waals surface area (Å²) in [5.74, 6) is -0.387. The van der Waals surface area contributed by atoms with Gasteiger partial charge in [-0.3, -0.25) is 4.79 Å². The molecule has 1 N–H and O–H groups in total. The summed E-state index contributed by atoms with van der Waals surface area (Å²) in [5, 5.41) is 19.0. The second-order valence-electron chi connectivity index (χ2n) is 5.80. The van der Waals surface area contributed by atoms with Gasteiger partial charge in [0.25, 0.3) is 0 Å². The van der Waals surface area contributed by atoms with Crippen molar-refractivity contribution in [2.45, 2.75) is 45.0 Å². The van der Waals surface area contributed by atoms with Gasteiger partial charge in [-0.15, -0.1) is 0 Å². The maximum absolute atomic E-state index is 13.1. The van der Waals surface area contributed by atoms with Crippen LogP contribution in [0, 0.1) is 17.2 Å². The molecule has 0 spiro atoms. The van der Waals surface area contributed by atoms with Crippen molar-refractivity contribution in [3.05, 3.63) is 29.3 Å². The fourth-order valence-corrected chi connectivity index (χ4v) is 2.70. The number of benzene rings is 1. The molecule has 0 bridgehead atoms. The Morgan fingerprint density at radius 2 is 2.04 bits per heavy atom. The summed E-state index contributed by atoms with van der Waals surface area (Å²) in [6.45, 7) is 2.84. The Balaban J connectivity index is 2.44. The molecular weight excluding hydrogens is 309 g/mol. The number of aliphatic hydroxyl groups is 1. The van der Waals surface area contributed by atoms with E-state index in [4.69, 9.17) is 5.26 Å². The zero-order chi connectivity index (χ0) is 17.4. The Bertz CT molecular complexity index is 648. The van der Waals surface area contributed by atoms with Gasteiger partial charge in [0, 0.05) is 12.6 Å². The fraction of sp³-hybridized carbons (Fsp3) is 0.500. The highest BCUT2D eigenvalue weighted by molar-refractivity contribution is 5.92. The van der Waals surface area contributed by atoms with Crippen LogP contribution < -0.4 is 4.90 Å². The molecule has 7 heteroatoms. The molecule has 0 radical (unpaired) electrons. The Labute approximate surface area is 132 Å². The summed E-state index contributed by atoms with van der Waals surface area (Å²) in [7, 11) is 0. The summed E-state index contributed by atoms with van der Waals surface area (Å²) in [5.41, 5.74) is -1.56. The third-order valence-electron chi connectivity index (χ3n) is 4.05. The van der Waals surface area contributed by atoms with E-state index in [1.54, 1.807) is 6.92 Å². The monoisotopic (exact) mass is 326 g/mol. The number of nitrogens with zero attached hydrogens (tertiary/aromatic N) is 2. The number of alkyl halides is 3. The zero-order valence-electron chi connectivity index (χ0n) is 12.8. The summed E-state index contributed by atoms with van der Waals surface area (Å²) >= 11 is 0. The number of hydrogen-bond acceptors (Lipinski definition) is 3. The molecule has 1 aromatic carbocycles. The smallest absolute Gasteiger partial charge is 0.391 e. The zero-order valence-corrected chi connectivity index (χ0v) is 12.8. The number of nitriles is 1. The number of carbonyl (C=O) groups excluding carboxylic acids is 1. The summed E-state index contributed by atoms with van der Waals surface area (Å²) in [6, 6.07) is 3.99. The lowest BCUT2D eigenvalue weighted by Gasteiger charge is -2.32. The van der Waals surface area contributed by atoms with Crippen LogP contribution in [0.5, 0.6) is 0 Å². The lowest BCUT2D eigenvalue weighted by atomic mass is 10.0. The molecule has 0 saturated heterocycles. The highest BCUT2D eigenvalue weighted by atomic mass is 19.4. The van der Waals surface area contributed by atoms with Crippen LogP contribution >= 0.6 is 0 Å². The summed E-state index contributed by atoms with van der Waals surface area (Å²) in [6.07, 6.45) is -3.79. The van der Waals surface area contributed by atoms with E-state index in [-0.39, 0.29) is 11.6 Å². The van der Waals surface area contributed by atoms with Crippen LogP contribution in [0.15, 0.2) is 18.2 Å². The average Bonchev–Trinajstić information content (AvgIpc) is 3.29. The Hall–Kier alpha value is -2.07. The lowest BCUT2D eigenvalue weighted by molar-refractivity contribution is -0.137. The molecular formula is C16H17F3N2O2. The predicted octanol–water partition coefficient (Wildman–Crippen LogP) is 3.09. The standard InChI is InChI=1S/C16H17F3N2O2/c1-9(15(23)11-3-4-11)21(10(2)22)13-6-5-12(8-20)14(7-13)16(17,18)19/h5-7,9,11,15,23H,3-4H2,1-2H3/t9-,15+/m0/s1. The number of aliphatic hydroxyl groups excluding tert-OH is 1. The maximum atomic E-state index is 13.1. The van der Waals surface area contributed by atoms with Crippen molar-refractivity contribution in [3.8, 4) is 6.07 Å². The summed E-state index contributed by atoms with van der Waals surface area (Å²) < 4.78 is 39.2. The van der Waals surface area contributed by atoms with E-state index in [2.05, 4.69) is 0 Å². The highest BCUT2D eigenvalue weighted by Gasteiger charge is 2.38. The molecule has 2 rings (SSSR count). The minimum Gasteiger partial charge on any atom is -0.391 e. The lowest BCUT2D eigenvalue weighted by Crippen LogP contribution is -2.45. The van der Waals surface area contributed by atoms with Crippen LogP contribution in [0.2, 0.25) is 0 Å². The molecule has 1 saturated carbocycles. The minimum absolute atomic E-state index is 0.0241. The van der Waals surface area contributed by atoms with E-state index >= 15 is 0 Å². The number of amides is 1. The van der Waals surface area contributed by atoms with Crippen molar-refractivity contribution in [1.82, 2.24) is 0 Å². The normalized spacial score (nSPS) is 17.3. The first-order valence-electron chi connectivity index (χ1n) is 7.26. The Kier molecular flexibility index (Phi) is 4.66. The minimum atomic E-state index is -4.69. The van der Waals surface area contributed by atoms with Gasteiger partial charge in [0.15, 0.2) is 0 Å². The van der Waals surface area contributed by atoms with E-state index in [0.717, 1.165) is 29.9 Å². The van der Waals surface area contributed by atoms with Crippen molar-refractivity contribution in [2.24, 2.45) is 5.92 Å². The van der Waals surface area contributed by atoms with Crippen LogP contribution in [-0.4, -0.2) is 23.2 Å². The average molecular weight is 326 g/mol. The van der Waals surface area contributed by atoms with Crippen LogP contribution in [0.4, 0.5) is 18.9 Å². The largest absolute Gasteiger partial charge is 0.417 e. The van der Waals surface area contributed by atoms with Crippen molar-refractivity contribution < 1.29 is 23.1 Å². The van der Waals surface area contributed by atoms with Gasteiger partial charge < -0.3 is 10.0 Å². The van der Waals surface area contributed by atoms with E-state index in [1.807, 2.05) is 0 Å². The number of anilines is 1. The van der Waals surface area contributed by atoms with E-state index < -0.39 is 35.4 Å². The van der Waals surface area contributed by atoms with Crippen LogP contribution in [-0.2, 0) is 11.0 Å². The summed E-state index contributed by atoms with van der Waals surface area (Å²) in [4.78, 5) is 13.1. The molecule has 0 heterocycles. The van der Waals surface area contributed by atoms with Crippen LogP contribution in [0.1, 0.15) is 37.8 Å². The fourth-order valence-electron chi connectivity index (χ4n) is 2.70. The van der Waals surface area contributed by atoms with E-state index in [0.29, 0.717) is 0 Å².